The molecule has 0 fully saturated rings. The monoisotopic (exact) mass is 258 g/mol. The molecule has 0 atom stereocenters. The Morgan fingerprint density at radius 2 is 2.00 bits per heavy atom. The molecule has 1 rings (SSSR count). The lowest BCUT2D eigenvalue weighted by atomic mass is 10.4. The number of rotatable bonds is 7. The molecule has 0 unspecified atom stereocenters. The highest BCUT2D eigenvalue weighted by Crippen LogP contribution is 2.21. The van der Waals surface area contributed by atoms with Gasteiger partial charge in [-0.05, 0) is 27.7 Å². The van der Waals surface area contributed by atoms with Crippen molar-refractivity contribution in [2.24, 2.45) is 5.73 Å². The minimum atomic E-state index is 0.276. The highest BCUT2D eigenvalue weighted by molar-refractivity contribution is 7.99. The summed E-state index contributed by atoms with van der Waals surface area (Å²) in [6.07, 6.45) is 0.276. The van der Waals surface area contributed by atoms with E-state index in [-0.39, 0.29) is 6.10 Å². The van der Waals surface area contributed by atoms with Crippen LogP contribution in [0.15, 0.2) is 5.16 Å². The van der Waals surface area contributed by atoms with Gasteiger partial charge < -0.3 is 15.0 Å². The molecule has 0 aromatic carbocycles. The fourth-order valence-electron chi connectivity index (χ4n) is 1.48. The topological polar surface area (TPSA) is 66.0 Å². The van der Waals surface area contributed by atoms with E-state index >= 15 is 0 Å². The van der Waals surface area contributed by atoms with E-state index in [4.69, 9.17) is 10.5 Å². The van der Waals surface area contributed by atoms with Crippen molar-refractivity contribution in [3.05, 3.63) is 5.82 Å². The molecule has 1 aromatic rings. The SMILES string of the molecule is CC(C)OCCSc1nnc(CN)n1C(C)C. The first-order valence-corrected chi connectivity index (χ1v) is 6.93. The van der Waals surface area contributed by atoms with Crippen LogP contribution >= 0.6 is 11.8 Å². The predicted octanol–water partition coefficient (Wildman–Crippen LogP) is 1.83. The molecule has 6 heteroatoms. The second-order valence-corrected chi connectivity index (χ2v) is 5.40. The maximum Gasteiger partial charge on any atom is 0.191 e. The van der Waals surface area contributed by atoms with Crippen LogP contribution in [0.1, 0.15) is 39.6 Å². The van der Waals surface area contributed by atoms with Crippen LogP contribution in [0.5, 0.6) is 0 Å². The van der Waals surface area contributed by atoms with E-state index in [1.807, 2.05) is 13.8 Å². The molecule has 98 valence electrons. The van der Waals surface area contributed by atoms with Gasteiger partial charge in [0.15, 0.2) is 5.16 Å². The summed E-state index contributed by atoms with van der Waals surface area (Å²) in [5, 5.41) is 9.19. The van der Waals surface area contributed by atoms with Crippen LogP contribution in [0.25, 0.3) is 0 Å². The fraction of sp³-hybridized carbons (Fsp3) is 0.818. The molecule has 17 heavy (non-hydrogen) atoms. The molecular weight excluding hydrogens is 236 g/mol. The third-order valence-corrected chi connectivity index (χ3v) is 3.11. The minimum absolute atomic E-state index is 0.276. The van der Waals surface area contributed by atoms with Gasteiger partial charge in [0.05, 0.1) is 19.3 Å². The Hall–Kier alpha value is -0.590. The molecule has 1 heterocycles. The standard InChI is InChI=1S/C11H22N4OS/c1-8(2)15-10(7-12)13-14-11(15)17-6-5-16-9(3)4/h8-9H,5-7,12H2,1-4H3. The van der Waals surface area contributed by atoms with E-state index in [0.29, 0.717) is 12.6 Å². The lowest BCUT2D eigenvalue weighted by Gasteiger charge is -2.13. The molecule has 5 nitrogen and oxygen atoms in total. The largest absolute Gasteiger partial charge is 0.378 e. The van der Waals surface area contributed by atoms with Gasteiger partial charge in [-0.25, -0.2) is 0 Å². The van der Waals surface area contributed by atoms with Crippen LogP contribution in [0.3, 0.4) is 0 Å². The number of nitrogens with two attached hydrogens (primary N) is 1. The highest BCUT2D eigenvalue weighted by atomic mass is 32.2. The smallest absolute Gasteiger partial charge is 0.191 e. The Morgan fingerprint density at radius 1 is 1.29 bits per heavy atom. The van der Waals surface area contributed by atoms with Gasteiger partial charge >= 0.3 is 0 Å². The fourth-order valence-corrected chi connectivity index (χ4v) is 2.40. The van der Waals surface area contributed by atoms with Gasteiger partial charge in [0.2, 0.25) is 0 Å². The first-order valence-electron chi connectivity index (χ1n) is 5.94. The molecular formula is C11H22N4OS. The van der Waals surface area contributed by atoms with Crippen molar-refractivity contribution in [3.8, 4) is 0 Å². The van der Waals surface area contributed by atoms with Crippen molar-refractivity contribution >= 4 is 11.8 Å². The Bertz CT molecular complexity index is 338. The van der Waals surface area contributed by atoms with Gasteiger partial charge in [-0.1, -0.05) is 11.8 Å². The summed E-state index contributed by atoms with van der Waals surface area (Å²) in [6, 6.07) is 0.331. The van der Waals surface area contributed by atoms with E-state index < -0.39 is 0 Å². The average Bonchev–Trinajstić information content (AvgIpc) is 2.67. The molecule has 2 N–H and O–H groups in total. The minimum Gasteiger partial charge on any atom is -0.378 e. The molecule has 0 amide bonds. The maximum atomic E-state index is 5.64. The summed E-state index contributed by atoms with van der Waals surface area (Å²) in [7, 11) is 0. The lowest BCUT2D eigenvalue weighted by Crippen LogP contribution is -2.12. The zero-order chi connectivity index (χ0) is 12.8. The number of nitrogens with zero attached hydrogens (tertiary/aromatic N) is 3. The van der Waals surface area contributed by atoms with Gasteiger partial charge in [0.1, 0.15) is 5.82 Å². The van der Waals surface area contributed by atoms with Crippen LogP contribution in [-0.2, 0) is 11.3 Å². The summed E-state index contributed by atoms with van der Waals surface area (Å²) < 4.78 is 7.58. The Labute approximate surface area is 107 Å². The van der Waals surface area contributed by atoms with Gasteiger partial charge in [0.25, 0.3) is 0 Å². The first-order chi connectivity index (χ1) is 8.06. The third kappa shape index (κ3) is 4.29. The van der Waals surface area contributed by atoms with Gasteiger partial charge in [-0.15, -0.1) is 10.2 Å². The molecule has 1 aromatic heterocycles. The second kappa shape index (κ2) is 6.98. The second-order valence-electron chi connectivity index (χ2n) is 4.33. The normalized spacial score (nSPS) is 11.7. The number of hydrogen-bond donors (Lipinski definition) is 1. The van der Waals surface area contributed by atoms with Gasteiger partial charge in [-0.3, -0.25) is 0 Å². The molecule has 0 aliphatic heterocycles. The molecule has 0 aliphatic rings. The molecule has 0 saturated heterocycles. The molecule has 0 radical (unpaired) electrons. The van der Waals surface area contributed by atoms with Gasteiger partial charge in [0, 0.05) is 11.8 Å². The average molecular weight is 258 g/mol. The van der Waals surface area contributed by atoms with Crippen molar-refractivity contribution in [2.45, 2.75) is 51.5 Å². The van der Waals surface area contributed by atoms with Crippen LogP contribution in [0, 0.1) is 0 Å². The lowest BCUT2D eigenvalue weighted by molar-refractivity contribution is 0.0920. The summed E-state index contributed by atoms with van der Waals surface area (Å²) >= 11 is 1.66. The quantitative estimate of drug-likeness (QED) is 0.597. The van der Waals surface area contributed by atoms with E-state index in [2.05, 4.69) is 28.6 Å². The zero-order valence-corrected chi connectivity index (χ0v) is 11.8. The third-order valence-electron chi connectivity index (χ3n) is 2.20. The predicted molar refractivity (Wildman–Crippen MR) is 70.1 cm³/mol. The van der Waals surface area contributed by atoms with E-state index in [9.17, 15) is 0 Å². The number of thioether (sulfide) groups is 1. The zero-order valence-electron chi connectivity index (χ0n) is 11.0. The van der Waals surface area contributed by atoms with Crippen molar-refractivity contribution in [2.75, 3.05) is 12.4 Å². The summed E-state index contributed by atoms with van der Waals surface area (Å²) in [4.78, 5) is 0. The number of aromatic nitrogens is 3. The van der Waals surface area contributed by atoms with Crippen LogP contribution in [0.2, 0.25) is 0 Å². The Morgan fingerprint density at radius 3 is 2.53 bits per heavy atom. The van der Waals surface area contributed by atoms with E-state index in [1.165, 1.54) is 0 Å². The molecule has 0 spiro atoms. The first kappa shape index (κ1) is 14.5. The summed E-state index contributed by atoms with van der Waals surface area (Å²) in [5.41, 5.74) is 5.64. The van der Waals surface area contributed by atoms with Crippen LogP contribution in [0.4, 0.5) is 0 Å². The maximum absolute atomic E-state index is 5.64. The Balaban J connectivity index is 2.55. The van der Waals surface area contributed by atoms with Crippen molar-refractivity contribution in [3.63, 3.8) is 0 Å². The summed E-state index contributed by atoms with van der Waals surface area (Å²) in [5.74, 6) is 1.72. The number of ether oxygens (including phenoxy) is 1. The van der Waals surface area contributed by atoms with Crippen molar-refractivity contribution in [1.82, 2.24) is 14.8 Å². The molecule has 0 aliphatic carbocycles. The summed E-state index contributed by atoms with van der Waals surface area (Å²) in [6.45, 7) is 9.44. The van der Waals surface area contributed by atoms with E-state index in [1.54, 1.807) is 11.8 Å². The van der Waals surface area contributed by atoms with Crippen molar-refractivity contribution in [1.29, 1.82) is 0 Å². The Kier molecular flexibility index (Phi) is 5.94. The number of hydrogen-bond acceptors (Lipinski definition) is 5. The van der Waals surface area contributed by atoms with Crippen molar-refractivity contribution < 1.29 is 4.74 Å². The molecule has 0 saturated carbocycles. The highest BCUT2D eigenvalue weighted by Gasteiger charge is 2.13. The van der Waals surface area contributed by atoms with Crippen LogP contribution in [-0.4, -0.2) is 33.2 Å². The van der Waals surface area contributed by atoms with E-state index in [0.717, 1.165) is 23.3 Å². The van der Waals surface area contributed by atoms with Crippen LogP contribution < -0.4 is 5.73 Å². The van der Waals surface area contributed by atoms with Gasteiger partial charge in [-0.2, -0.15) is 0 Å². The molecule has 0 bridgehead atoms.